The van der Waals surface area contributed by atoms with E-state index in [1.54, 1.807) is 0 Å². The van der Waals surface area contributed by atoms with Crippen LogP contribution in [0.1, 0.15) is 12.8 Å². The molecular formula is C10H17NOS. The predicted octanol–water partition coefficient (Wildman–Crippen LogP) is 1.34. The minimum atomic E-state index is 0.517. The molecular weight excluding hydrogens is 182 g/mol. The first-order valence-electron chi connectivity index (χ1n) is 5.02. The highest BCUT2D eigenvalue weighted by atomic mass is 32.1. The van der Waals surface area contributed by atoms with Crippen LogP contribution < -0.4 is 0 Å². The lowest BCUT2D eigenvalue weighted by Gasteiger charge is -2.31. The fraction of sp³-hybridized carbons (Fsp3) is 0.800. The Kier molecular flexibility index (Phi) is 3.30. The normalized spacial score (nSPS) is 34.5. The molecule has 2 unspecified atom stereocenters. The Morgan fingerprint density at radius 2 is 1.92 bits per heavy atom. The van der Waals surface area contributed by atoms with Gasteiger partial charge in [-0.15, -0.1) is 0 Å². The molecule has 0 radical (unpaired) electrons. The highest BCUT2D eigenvalue weighted by molar-refractivity contribution is 7.80. The summed E-state index contributed by atoms with van der Waals surface area (Å²) in [5.41, 5.74) is 0. The second kappa shape index (κ2) is 4.49. The van der Waals surface area contributed by atoms with Gasteiger partial charge in [0.1, 0.15) is 0 Å². The van der Waals surface area contributed by atoms with E-state index in [1.165, 1.54) is 12.8 Å². The third-order valence-electron chi connectivity index (χ3n) is 2.75. The number of fused-ring (bicyclic) bond motifs is 2. The van der Waals surface area contributed by atoms with Crippen LogP contribution in [0.2, 0.25) is 0 Å². The highest BCUT2D eigenvalue weighted by Gasteiger charge is 2.32. The monoisotopic (exact) mass is 199 g/mol. The van der Waals surface area contributed by atoms with Gasteiger partial charge in [-0.05, 0) is 12.8 Å². The molecule has 2 bridgehead atoms. The lowest BCUT2D eigenvalue weighted by molar-refractivity contribution is -0.0343. The second-order valence-electron chi connectivity index (χ2n) is 3.83. The van der Waals surface area contributed by atoms with Crippen LogP contribution >= 0.6 is 12.6 Å². The molecule has 0 aromatic heterocycles. The topological polar surface area (TPSA) is 12.5 Å². The smallest absolute Gasteiger partial charge is 0.0707 e. The number of morpholine rings is 1. The van der Waals surface area contributed by atoms with Gasteiger partial charge in [-0.3, -0.25) is 4.90 Å². The van der Waals surface area contributed by atoms with Gasteiger partial charge in [0, 0.05) is 25.4 Å². The molecule has 2 aliphatic rings. The van der Waals surface area contributed by atoms with Gasteiger partial charge in [0.25, 0.3) is 0 Å². The number of thiol groups is 1. The van der Waals surface area contributed by atoms with Crippen molar-refractivity contribution in [2.45, 2.75) is 25.0 Å². The van der Waals surface area contributed by atoms with E-state index in [-0.39, 0.29) is 0 Å². The Morgan fingerprint density at radius 1 is 1.23 bits per heavy atom. The Hall–Kier alpha value is 0.01000. The molecule has 0 amide bonds. The van der Waals surface area contributed by atoms with Crippen molar-refractivity contribution in [2.24, 2.45) is 0 Å². The van der Waals surface area contributed by atoms with Crippen LogP contribution in [-0.4, -0.2) is 42.5 Å². The summed E-state index contributed by atoms with van der Waals surface area (Å²) < 4.78 is 5.75. The zero-order chi connectivity index (χ0) is 9.10. The summed E-state index contributed by atoms with van der Waals surface area (Å²) >= 11 is 4.14. The van der Waals surface area contributed by atoms with E-state index in [0.717, 1.165) is 25.4 Å². The molecule has 2 nitrogen and oxygen atoms in total. The van der Waals surface area contributed by atoms with Crippen LogP contribution in [0.25, 0.3) is 0 Å². The summed E-state index contributed by atoms with van der Waals surface area (Å²) in [6.07, 6.45) is 7.87. The van der Waals surface area contributed by atoms with Crippen LogP contribution in [0, 0.1) is 0 Å². The molecule has 2 rings (SSSR count). The number of likely N-dealkylation sites (tertiary alicyclic amines) is 1. The summed E-state index contributed by atoms with van der Waals surface area (Å²) in [6.45, 7) is 3.30. The first-order valence-corrected chi connectivity index (χ1v) is 5.65. The Balaban J connectivity index is 1.78. The van der Waals surface area contributed by atoms with Crippen molar-refractivity contribution >= 4 is 12.6 Å². The molecule has 0 aromatic rings. The Labute approximate surface area is 85.4 Å². The molecule has 2 saturated heterocycles. The number of ether oxygens (including phenoxy) is 1. The van der Waals surface area contributed by atoms with E-state index >= 15 is 0 Å². The van der Waals surface area contributed by atoms with Gasteiger partial charge in [-0.2, -0.15) is 12.6 Å². The molecule has 3 heteroatoms. The van der Waals surface area contributed by atoms with Crippen molar-refractivity contribution in [3.8, 4) is 0 Å². The van der Waals surface area contributed by atoms with Crippen LogP contribution in [0.4, 0.5) is 0 Å². The molecule has 2 atom stereocenters. The van der Waals surface area contributed by atoms with Crippen molar-refractivity contribution in [1.82, 2.24) is 4.90 Å². The minimum Gasteiger partial charge on any atom is -0.372 e. The molecule has 0 aliphatic carbocycles. The van der Waals surface area contributed by atoms with Gasteiger partial charge < -0.3 is 4.74 Å². The zero-order valence-electron chi connectivity index (χ0n) is 7.85. The maximum Gasteiger partial charge on any atom is 0.0707 e. The Morgan fingerprint density at radius 3 is 2.54 bits per heavy atom. The predicted molar refractivity (Wildman–Crippen MR) is 57.3 cm³/mol. The van der Waals surface area contributed by atoms with Crippen molar-refractivity contribution < 1.29 is 4.74 Å². The maximum atomic E-state index is 5.75. The molecule has 0 saturated carbocycles. The van der Waals surface area contributed by atoms with Gasteiger partial charge >= 0.3 is 0 Å². The van der Waals surface area contributed by atoms with Crippen LogP contribution in [0.15, 0.2) is 12.2 Å². The minimum absolute atomic E-state index is 0.517. The molecule has 2 fully saturated rings. The fourth-order valence-electron chi connectivity index (χ4n) is 2.15. The van der Waals surface area contributed by atoms with E-state index in [9.17, 15) is 0 Å². The maximum absolute atomic E-state index is 5.75. The van der Waals surface area contributed by atoms with Gasteiger partial charge in [0.2, 0.25) is 0 Å². The molecule has 0 spiro atoms. The number of hydrogen-bond donors (Lipinski definition) is 1. The summed E-state index contributed by atoms with van der Waals surface area (Å²) in [5.74, 6) is 0.844. The van der Waals surface area contributed by atoms with Crippen LogP contribution in [-0.2, 0) is 4.74 Å². The quantitative estimate of drug-likeness (QED) is 0.544. The summed E-state index contributed by atoms with van der Waals surface area (Å²) in [4.78, 5) is 2.48. The molecule has 2 heterocycles. The van der Waals surface area contributed by atoms with Crippen molar-refractivity contribution in [3.05, 3.63) is 12.2 Å². The van der Waals surface area contributed by atoms with Gasteiger partial charge in [0.05, 0.1) is 12.2 Å². The largest absolute Gasteiger partial charge is 0.372 e. The van der Waals surface area contributed by atoms with Crippen molar-refractivity contribution in [2.75, 3.05) is 25.4 Å². The average molecular weight is 199 g/mol. The Bertz CT molecular complexity index is 183. The fourth-order valence-corrected chi connectivity index (χ4v) is 2.30. The van der Waals surface area contributed by atoms with E-state index in [0.29, 0.717) is 12.2 Å². The standard InChI is InChI=1S/C10H17NOS/c13-6-2-1-5-11-7-9-3-4-10(8-11)12-9/h1-2,9-10,13H,3-8H2. The third-order valence-corrected chi connectivity index (χ3v) is 2.97. The highest BCUT2D eigenvalue weighted by Crippen LogP contribution is 2.25. The summed E-state index contributed by atoms with van der Waals surface area (Å²) in [5, 5.41) is 0. The van der Waals surface area contributed by atoms with E-state index in [4.69, 9.17) is 4.74 Å². The lowest BCUT2D eigenvalue weighted by atomic mass is 10.2. The van der Waals surface area contributed by atoms with Gasteiger partial charge in [-0.1, -0.05) is 12.2 Å². The first kappa shape index (κ1) is 9.56. The molecule has 0 N–H and O–H groups in total. The van der Waals surface area contributed by atoms with Crippen molar-refractivity contribution in [3.63, 3.8) is 0 Å². The summed E-state index contributed by atoms with van der Waals surface area (Å²) in [7, 11) is 0. The first-order chi connectivity index (χ1) is 6.38. The van der Waals surface area contributed by atoms with E-state index in [1.807, 2.05) is 0 Å². The zero-order valence-corrected chi connectivity index (χ0v) is 8.75. The second-order valence-corrected chi connectivity index (χ2v) is 4.20. The molecule has 2 aliphatic heterocycles. The van der Waals surface area contributed by atoms with Gasteiger partial charge in [-0.25, -0.2) is 0 Å². The van der Waals surface area contributed by atoms with Gasteiger partial charge in [0.15, 0.2) is 0 Å². The average Bonchev–Trinajstić information content (AvgIpc) is 2.46. The SMILES string of the molecule is SCC=CCN1CC2CCC(C1)O2. The van der Waals surface area contributed by atoms with Crippen LogP contribution in [0.5, 0.6) is 0 Å². The lowest BCUT2D eigenvalue weighted by Crippen LogP contribution is -2.42. The van der Waals surface area contributed by atoms with Crippen molar-refractivity contribution in [1.29, 1.82) is 0 Å². The third kappa shape index (κ3) is 2.48. The molecule has 74 valence electrons. The summed E-state index contributed by atoms with van der Waals surface area (Å²) in [6, 6.07) is 0. The molecule has 13 heavy (non-hydrogen) atoms. The van der Waals surface area contributed by atoms with Crippen LogP contribution in [0.3, 0.4) is 0 Å². The number of hydrogen-bond acceptors (Lipinski definition) is 3. The number of nitrogens with zero attached hydrogens (tertiary/aromatic N) is 1. The molecule has 0 aromatic carbocycles. The number of rotatable bonds is 3. The van der Waals surface area contributed by atoms with E-state index in [2.05, 4.69) is 29.7 Å². The van der Waals surface area contributed by atoms with E-state index < -0.39 is 0 Å².